The van der Waals surface area contributed by atoms with Crippen molar-refractivity contribution in [3.63, 3.8) is 0 Å². The second-order valence-electron chi connectivity index (χ2n) is 3.07. The highest BCUT2D eigenvalue weighted by atomic mass is 16.5. The monoisotopic (exact) mass is 159 g/mol. The molecule has 1 atom stereocenters. The van der Waals surface area contributed by atoms with Crippen molar-refractivity contribution in [2.45, 2.75) is 32.7 Å². The fourth-order valence-electron chi connectivity index (χ4n) is 1.08. The lowest BCUT2D eigenvalue weighted by Gasteiger charge is -2.23. The van der Waals surface area contributed by atoms with E-state index in [0.29, 0.717) is 6.04 Å². The first-order chi connectivity index (χ1) is 5.22. The van der Waals surface area contributed by atoms with Crippen LogP contribution in [0.15, 0.2) is 0 Å². The average Bonchev–Trinajstić information content (AvgIpc) is 1.97. The number of likely N-dealkylation sites (N-methyl/N-ethyl adjacent to an activating group) is 1. The fourth-order valence-corrected chi connectivity index (χ4v) is 1.08. The van der Waals surface area contributed by atoms with E-state index in [1.54, 1.807) is 0 Å². The van der Waals surface area contributed by atoms with Crippen molar-refractivity contribution in [1.82, 2.24) is 4.90 Å². The van der Waals surface area contributed by atoms with E-state index in [2.05, 4.69) is 25.9 Å². The minimum absolute atomic E-state index is 0.597. The summed E-state index contributed by atoms with van der Waals surface area (Å²) in [5, 5.41) is 0. The summed E-state index contributed by atoms with van der Waals surface area (Å²) in [5.41, 5.74) is 0. The number of rotatable bonds is 6. The third-order valence-electron chi connectivity index (χ3n) is 1.87. The van der Waals surface area contributed by atoms with Crippen LogP contribution in [-0.4, -0.2) is 38.3 Å². The van der Waals surface area contributed by atoms with Gasteiger partial charge in [0.15, 0.2) is 0 Å². The molecule has 0 heterocycles. The van der Waals surface area contributed by atoms with E-state index >= 15 is 0 Å². The predicted octanol–water partition coefficient (Wildman–Crippen LogP) is 1.75. The van der Waals surface area contributed by atoms with Crippen LogP contribution in [0.4, 0.5) is 0 Å². The van der Waals surface area contributed by atoms with Crippen LogP contribution >= 0.6 is 0 Å². The van der Waals surface area contributed by atoms with Gasteiger partial charge >= 0.3 is 0 Å². The Morgan fingerprint density at radius 1 is 1.27 bits per heavy atom. The standard InChI is InChI=1S/C9H21NO/c1-5-7-9(10(3)4)8-11-6-2/h9H,5-8H2,1-4H3. The molecule has 0 bridgehead atoms. The van der Waals surface area contributed by atoms with Crippen molar-refractivity contribution < 1.29 is 4.74 Å². The SMILES string of the molecule is CCCC(COCC)N(C)C. The molecule has 0 aromatic rings. The van der Waals surface area contributed by atoms with Crippen LogP contribution in [0.3, 0.4) is 0 Å². The van der Waals surface area contributed by atoms with Gasteiger partial charge in [0.1, 0.15) is 0 Å². The Balaban J connectivity index is 3.51. The molecule has 0 saturated heterocycles. The van der Waals surface area contributed by atoms with Crippen LogP contribution in [0, 0.1) is 0 Å². The van der Waals surface area contributed by atoms with Crippen LogP contribution in [0.5, 0.6) is 0 Å². The molecule has 2 nitrogen and oxygen atoms in total. The van der Waals surface area contributed by atoms with Gasteiger partial charge < -0.3 is 9.64 Å². The quantitative estimate of drug-likeness (QED) is 0.585. The lowest BCUT2D eigenvalue weighted by Crippen LogP contribution is -2.32. The maximum atomic E-state index is 5.37. The molecular formula is C9H21NO. The Kier molecular flexibility index (Phi) is 6.57. The van der Waals surface area contributed by atoms with Crippen LogP contribution in [0.25, 0.3) is 0 Å². The fraction of sp³-hybridized carbons (Fsp3) is 1.00. The Morgan fingerprint density at radius 3 is 2.27 bits per heavy atom. The van der Waals surface area contributed by atoms with Crippen molar-refractivity contribution in [2.75, 3.05) is 27.3 Å². The van der Waals surface area contributed by atoms with E-state index < -0.39 is 0 Å². The van der Waals surface area contributed by atoms with Gasteiger partial charge in [0.2, 0.25) is 0 Å². The van der Waals surface area contributed by atoms with E-state index in [9.17, 15) is 0 Å². The van der Waals surface area contributed by atoms with Crippen LogP contribution in [0.2, 0.25) is 0 Å². The Bertz CT molecular complexity index is 83.6. The number of ether oxygens (including phenoxy) is 1. The highest BCUT2D eigenvalue weighted by molar-refractivity contribution is 4.63. The molecule has 0 N–H and O–H groups in total. The van der Waals surface area contributed by atoms with Crippen LogP contribution in [0.1, 0.15) is 26.7 Å². The summed E-state index contributed by atoms with van der Waals surface area (Å²) in [6.07, 6.45) is 2.46. The second-order valence-corrected chi connectivity index (χ2v) is 3.07. The molecule has 0 aliphatic rings. The molecule has 0 aromatic heterocycles. The van der Waals surface area contributed by atoms with Crippen molar-refractivity contribution in [3.8, 4) is 0 Å². The minimum atomic E-state index is 0.597. The molecule has 2 heteroatoms. The summed E-state index contributed by atoms with van der Waals surface area (Å²) < 4.78 is 5.37. The first-order valence-electron chi connectivity index (χ1n) is 4.46. The third kappa shape index (κ3) is 5.22. The van der Waals surface area contributed by atoms with Crippen LogP contribution in [-0.2, 0) is 4.74 Å². The first-order valence-corrected chi connectivity index (χ1v) is 4.46. The Labute approximate surface area is 70.5 Å². The summed E-state index contributed by atoms with van der Waals surface area (Å²) in [7, 11) is 4.22. The van der Waals surface area contributed by atoms with Gasteiger partial charge in [-0.2, -0.15) is 0 Å². The molecule has 1 unspecified atom stereocenters. The summed E-state index contributed by atoms with van der Waals surface area (Å²) in [5.74, 6) is 0. The number of hydrogen-bond donors (Lipinski definition) is 0. The maximum absolute atomic E-state index is 5.37. The topological polar surface area (TPSA) is 12.5 Å². The predicted molar refractivity (Wildman–Crippen MR) is 48.9 cm³/mol. The maximum Gasteiger partial charge on any atom is 0.0621 e. The molecule has 0 saturated carbocycles. The van der Waals surface area contributed by atoms with Gasteiger partial charge in [0.25, 0.3) is 0 Å². The average molecular weight is 159 g/mol. The highest BCUT2D eigenvalue weighted by Crippen LogP contribution is 2.02. The zero-order valence-corrected chi connectivity index (χ0v) is 8.26. The summed E-state index contributed by atoms with van der Waals surface area (Å²) in [6.45, 7) is 5.95. The number of nitrogens with zero attached hydrogens (tertiary/aromatic N) is 1. The zero-order valence-electron chi connectivity index (χ0n) is 8.26. The van der Waals surface area contributed by atoms with Gasteiger partial charge in [0.05, 0.1) is 6.61 Å². The Hall–Kier alpha value is -0.0800. The van der Waals surface area contributed by atoms with Crippen molar-refractivity contribution in [3.05, 3.63) is 0 Å². The van der Waals surface area contributed by atoms with Crippen LogP contribution < -0.4 is 0 Å². The first kappa shape index (κ1) is 10.9. The summed E-state index contributed by atoms with van der Waals surface area (Å²) in [6, 6.07) is 0.597. The minimum Gasteiger partial charge on any atom is -0.380 e. The van der Waals surface area contributed by atoms with Crippen molar-refractivity contribution in [1.29, 1.82) is 0 Å². The van der Waals surface area contributed by atoms with Gasteiger partial charge in [-0.1, -0.05) is 13.3 Å². The normalized spacial score (nSPS) is 13.9. The lowest BCUT2D eigenvalue weighted by molar-refractivity contribution is 0.0837. The second kappa shape index (κ2) is 6.62. The van der Waals surface area contributed by atoms with E-state index in [-0.39, 0.29) is 0 Å². The molecule has 68 valence electrons. The summed E-state index contributed by atoms with van der Waals surface area (Å²) >= 11 is 0. The molecule has 0 radical (unpaired) electrons. The van der Waals surface area contributed by atoms with Gasteiger partial charge in [-0.05, 0) is 27.4 Å². The molecule has 0 aliphatic heterocycles. The van der Waals surface area contributed by atoms with Gasteiger partial charge in [-0.15, -0.1) is 0 Å². The van der Waals surface area contributed by atoms with Crippen molar-refractivity contribution >= 4 is 0 Å². The largest absolute Gasteiger partial charge is 0.380 e. The van der Waals surface area contributed by atoms with Gasteiger partial charge in [0, 0.05) is 12.6 Å². The zero-order chi connectivity index (χ0) is 8.69. The van der Waals surface area contributed by atoms with E-state index in [4.69, 9.17) is 4.74 Å². The van der Waals surface area contributed by atoms with E-state index in [1.165, 1.54) is 12.8 Å². The highest BCUT2D eigenvalue weighted by Gasteiger charge is 2.08. The molecule has 0 rings (SSSR count). The number of hydrogen-bond acceptors (Lipinski definition) is 2. The lowest BCUT2D eigenvalue weighted by atomic mass is 10.1. The molecule has 0 aromatic carbocycles. The molecule has 0 amide bonds. The van der Waals surface area contributed by atoms with Gasteiger partial charge in [-0.25, -0.2) is 0 Å². The molecular weight excluding hydrogens is 138 g/mol. The van der Waals surface area contributed by atoms with Gasteiger partial charge in [-0.3, -0.25) is 0 Å². The van der Waals surface area contributed by atoms with E-state index in [1.807, 2.05) is 6.92 Å². The van der Waals surface area contributed by atoms with Crippen molar-refractivity contribution in [2.24, 2.45) is 0 Å². The van der Waals surface area contributed by atoms with E-state index in [0.717, 1.165) is 13.2 Å². The smallest absolute Gasteiger partial charge is 0.0621 e. The Morgan fingerprint density at radius 2 is 1.91 bits per heavy atom. The molecule has 0 aliphatic carbocycles. The third-order valence-corrected chi connectivity index (χ3v) is 1.87. The summed E-state index contributed by atoms with van der Waals surface area (Å²) in [4.78, 5) is 2.24. The molecule has 0 spiro atoms. The molecule has 0 fully saturated rings. The molecule has 11 heavy (non-hydrogen) atoms.